The fourth-order valence-corrected chi connectivity index (χ4v) is 2.57. The van der Waals surface area contributed by atoms with E-state index in [0.29, 0.717) is 0 Å². The number of benzene rings is 2. The number of rotatable bonds is 2. The third-order valence-corrected chi connectivity index (χ3v) is 4.14. The molecule has 4 aromatic rings. The number of allylic oxidation sites excluding steroid dienone is 1. The minimum absolute atomic E-state index is 0.826. The van der Waals surface area contributed by atoms with Crippen LogP contribution in [-0.4, -0.2) is 9.52 Å². The molecule has 0 nitrogen and oxygen atoms in total. The van der Waals surface area contributed by atoms with Crippen LogP contribution in [0, 0.1) is 0 Å². The maximum atomic E-state index is 4.93. The molecule has 0 aliphatic rings. The standard InChI is InChI=1S/2C9H7.C4H8Si.2ClH.Zr/c2*1-2-5-9-7-3-6-8(9)4-1;1-3-4-5-2;;;/h2*1-7H;3H,1,4H2,2H3;2*1H;/q2*-1;;;;+4/p-2. The van der Waals surface area contributed by atoms with Crippen molar-refractivity contribution in [3.05, 3.63) is 97.6 Å². The van der Waals surface area contributed by atoms with Gasteiger partial charge in [0, 0.05) is 9.52 Å². The molecule has 0 aliphatic carbocycles. The van der Waals surface area contributed by atoms with Crippen molar-refractivity contribution < 1.29 is 20.8 Å². The van der Waals surface area contributed by atoms with Gasteiger partial charge in [-0.3, -0.25) is 0 Å². The van der Waals surface area contributed by atoms with Gasteiger partial charge in [0.05, 0.1) is 0 Å². The molecule has 4 heteroatoms. The van der Waals surface area contributed by atoms with Gasteiger partial charge in [0.15, 0.2) is 0 Å². The first-order chi connectivity index (χ1) is 12.8. The van der Waals surface area contributed by atoms with E-state index in [0.717, 1.165) is 9.52 Å². The summed E-state index contributed by atoms with van der Waals surface area (Å²) in [6.07, 6.45) is 1.94. The molecule has 0 amide bonds. The third kappa shape index (κ3) is 9.14. The second-order valence-corrected chi connectivity index (χ2v) is 10.1. The molecule has 0 aromatic heterocycles. The van der Waals surface area contributed by atoms with Crippen LogP contribution in [0.5, 0.6) is 0 Å². The van der Waals surface area contributed by atoms with Crippen LogP contribution in [0.1, 0.15) is 0 Å². The van der Waals surface area contributed by atoms with Gasteiger partial charge in [0.25, 0.3) is 0 Å². The zero-order valence-electron chi connectivity index (χ0n) is 14.8. The quantitative estimate of drug-likeness (QED) is 0.157. The number of fused-ring (bicyclic) bond motifs is 2. The van der Waals surface area contributed by atoms with Crippen LogP contribution in [0.3, 0.4) is 0 Å². The monoisotopic (exact) mass is 474 g/mol. The summed E-state index contributed by atoms with van der Waals surface area (Å²) in [5.74, 6) is 0. The van der Waals surface area contributed by atoms with E-state index in [4.69, 9.17) is 17.0 Å². The molecule has 0 bridgehead atoms. The fourth-order valence-electron chi connectivity index (χ4n) is 2.28. The molecule has 0 spiro atoms. The second kappa shape index (κ2) is 15.2. The van der Waals surface area contributed by atoms with Crippen molar-refractivity contribution >= 4 is 48.1 Å². The summed E-state index contributed by atoms with van der Waals surface area (Å²) in [5.41, 5.74) is 0. The van der Waals surface area contributed by atoms with E-state index < -0.39 is 20.8 Å². The Labute approximate surface area is 178 Å². The predicted molar refractivity (Wildman–Crippen MR) is 117 cm³/mol. The van der Waals surface area contributed by atoms with Crippen LogP contribution >= 0.6 is 17.0 Å². The average molecular weight is 477 g/mol. The van der Waals surface area contributed by atoms with Gasteiger partial charge in [-0.15, -0.1) is 65.9 Å². The van der Waals surface area contributed by atoms with Gasteiger partial charge >= 0.3 is 37.9 Å². The molecule has 0 saturated heterocycles. The molecule has 0 aliphatic heterocycles. The fraction of sp³-hybridized carbons (Fsp3) is 0.0909. The Hall–Kier alpha value is -0.920. The normalized spacial score (nSPS) is 8.88. The van der Waals surface area contributed by atoms with Gasteiger partial charge in [-0.2, -0.15) is 35.0 Å². The SMILES string of the molecule is C=CC[Si]C.[Cl][Zr+2][Cl].c1ccc2[cH-]ccc2c1.c1ccc2[cH-]ccc2c1. The molecular formula is C22H22Cl2SiZr. The van der Waals surface area contributed by atoms with Gasteiger partial charge in [-0.25, -0.2) is 0 Å². The molecule has 4 rings (SSSR count). The van der Waals surface area contributed by atoms with Crippen molar-refractivity contribution in [2.45, 2.75) is 12.6 Å². The topological polar surface area (TPSA) is 0 Å². The van der Waals surface area contributed by atoms with Crippen LogP contribution < -0.4 is 0 Å². The van der Waals surface area contributed by atoms with Gasteiger partial charge in [0.2, 0.25) is 0 Å². The van der Waals surface area contributed by atoms with Gasteiger partial charge < -0.3 is 0 Å². The van der Waals surface area contributed by atoms with E-state index in [1.807, 2.05) is 6.08 Å². The molecular weight excluding hydrogens is 454 g/mol. The number of halogens is 2. The zero-order chi connectivity index (χ0) is 19.0. The van der Waals surface area contributed by atoms with E-state index in [1.54, 1.807) is 0 Å². The molecule has 4 aromatic carbocycles. The molecule has 0 atom stereocenters. The van der Waals surface area contributed by atoms with Gasteiger partial charge in [-0.05, 0) is 6.04 Å². The first-order valence-corrected chi connectivity index (χ1v) is 16.2. The van der Waals surface area contributed by atoms with Crippen LogP contribution in [0.25, 0.3) is 21.5 Å². The van der Waals surface area contributed by atoms with E-state index in [2.05, 4.69) is 98.1 Å². The molecule has 0 N–H and O–H groups in total. The minimum Gasteiger partial charge on any atom is -0.168 e. The molecule has 2 radical (unpaired) electrons. The number of hydrogen-bond donors (Lipinski definition) is 0. The summed E-state index contributed by atoms with van der Waals surface area (Å²) in [4.78, 5) is 0. The maximum Gasteiger partial charge on any atom is -0.0809 e. The van der Waals surface area contributed by atoms with E-state index in [-0.39, 0.29) is 0 Å². The van der Waals surface area contributed by atoms with Crippen molar-refractivity contribution in [2.75, 3.05) is 0 Å². The molecule has 0 heterocycles. The summed E-state index contributed by atoms with van der Waals surface area (Å²) in [5, 5.41) is 5.32. The van der Waals surface area contributed by atoms with E-state index >= 15 is 0 Å². The van der Waals surface area contributed by atoms with Gasteiger partial charge in [-0.1, -0.05) is 24.8 Å². The second-order valence-electron chi connectivity index (χ2n) is 5.23. The Morgan fingerprint density at radius 1 is 0.885 bits per heavy atom. The molecule has 0 unspecified atom stereocenters. The smallest absolute Gasteiger partial charge is 0.0809 e. The maximum absolute atomic E-state index is 4.93. The Kier molecular flexibility index (Phi) is 13.5. The van der Waals surface area contributed by atoms with Crippen molar-refractivity contribution in [1.29, 1.82) is 0 Å². The largest absolute Gasteiger partial charge is 0.168 e. The predicted octanol–water partition coefficient (Wildman–Crippen LogP) is 7.84. The molecule has 26 heavy (non-hydrogen) atoms. The van der Waals surface area contributed by atoms with Gasteiger partial charge in [0.1, 0.15) is 0 Å². The first-order valence-electron chi connectivity index (χ1n) is 8.19. The van der Waals surface area contributed by atoms with E-state index in [1.165, 1.54) is 27.6 Å². The third-order valence-electron chi connectivity index (χ3n) is 3.44. The summed E-state index contributed by atoms with van der Waals surface area (Å²) >= 11 is -0.826. The summed E-state index contributed by atoms with van der Waals surface area (Å²) in [6.45, 7) is 5.73. The van der Waals surface area contributed by atoms with Crippen LogP contribution in [0.2, 0.25) is 12.6 Å². The molecule has 0 saturated carbocycles. The van der Waals surface area contributed by atoms with Crippen LogP contribution in [0.4, 0.5) is 0 Å². The van der Waals surface area contributed by atoms with Crippen LogP contribution in [-0.2, 0) is 20.8 Å². The minimum atomic E-state index is -0.826. The summed E-state index contributed by atoms with van der Waals surface area (Å²) < 4.78 is 0. The van der Waals surface area contributed by atoms with Crippen molar-refractivity contribution in [3.8, 4) is 0 Å². The Balaban J connectivity index is 0.000000189. The average Bonchev–Trinajstić information content (AvgIpc) is 3.33. The first kappa shape index (κ1) is 23.1. The Morgan fingerprint density at radius 3 is 1.62 bits per heavy atom. The zero-order valence-corrected chi connectivity index (χ0v) is 19.8. The van der Waals surface area contributed by atoms with Crippen LogP contribution in [0.15, 0.2) is 97.6 Å². The molecule has 132 valence electrons. The molecule has 0 fully saturated rings. The van der Waals surface area contributed by atoms with Crippen molar-refractivity contribution in [3.63, 3.8) is 0 Å². The van der Waals surface area contributed by atoms with E-state index in [9.17, 15) is 0 Å². The Morgan fingerprint density at radius 2 is 1.31 bits per heavy atom. The summed E-state index contributed by atoms with van der Waals surface area (Å²) in [6, 6.07) is 30.5. The van der Waals surface area contributed by atoms with Crippen molar-refractivity contribution in [1.82, 2.24) is 0 Å². The van der Waals surface area contributed by atoms with Crippen molar-refractivity contribution in [2.24, 2.45) is 0 Å². The number of hydrogen-bond acceptors (Lipinski definition) is 0. The Bertz CT molecular complexity index is 725. The summed E-state index contributed by atoms with van der Waals surface area (Å²) in [7, 11) is 10.9.